The van der Waals surface area contributed by atoms with Crippen LogP contribution in [0.3, 0.4) is 0 Å². The van der Waals surface area contributed by atoms with Gasteiger partial charge in [0.05, 0.1) is 15.6 Å². The number of nitrogens with one attached hydrogen (secondary N) is 2. The molecule has 0 saturated heterocycles. The Bertz CT molecular complexity index is 722. The molecule has 148 valence electrons. The second-order valence-electron chi connectivity index (χ2n) is 5.86. The minimum Gasteiger partial charge on any atom is -0.383 e. The van der Waals surface area contributed by atoms with Gasteiger partial charge in [0, 0.05) is 50.5 Å². The van der Waals surface area contributed by atoms with Gasteiger partial charge in [-0.15, -0.1) is 12.4 Å². The molecule has 0 saturated carbocycles. The van der Waals surface area contributed by atoms with Crippen LogP contribution in [-0.4, -0.2) is 31.1 Å². The van der Waals surface area contributed by atoms with Crippen molar-refractivity contribution >= 4 is 41.1 Å². The van der Waals surface area contributed by atoms with Crippen LogP contribution in [0.15, 0.2) is 42.5 Å². The number of nitro groups is 1. The lowest BCUT2D eigenvalue weighted by Gasteiger charge is -2.21. The quantitative estimate of drug-likeness (QED) is 0.335. The molecule has 8 heteroatoms. The van der Waals surface area contributed by atoms with E-state index in [1.54, 1.807) is 6.07 Å². The van der Waals surface area contributed by atoms with Gasteiger partial charge >= 0.3 is 0 Å². The molecule has 0 bridgehead atoms. The zero-order valence-corrected chi connectivity index (χ0v) is 17.1. The number of nitrogens with zero attached hydrogens (tertiary/aromatic N) is 2. The van der Waals surface area contributed by atoms with E-state index in [1.165, 1.54) is 23.4 Å². The van der Waals surface area contributed by atoms with Crippen LogP contribution < -0.4 is 15.5 Å². The summed E-state index contributed by atoms with van der Waals surface area (Å²) < 4.78 is 0. The molecule has 0 heterocycles. The second kappa shape index (κ2) is 11.6. The summed E-state index contributed by atoms with van der Waals surface area (Å²) in [6.07, 6.45) is 0. The first-order valence-electron chi connectivity index (χ1n) is 8.77. The van der Waals surface area contributed by atoms with Crippen LogP contribution in [0, 0.1) is 10.1 Å². The average molecular weight is 413 g/mol. The molecule has 0 aromatic heterocycles. The molecule has 2 aromatic carbocycles. The normalized spacial score (nSPS) is 10.2. The molecule has 0 aliphatic carbocycles. The van der Waals surface area contributed by atoms with Gasteiger partial charge in [0.2, 0.25) is 0 Å². The summed E-state index contributed by atoms with van der Waals surface area (Å²) in [6.45, 7) is 8.54. The van der Waals surface area contributed by atoms with Crippen LogP contribution in [0.25, 0.3) is 0 Å². The van der Waals surface area contributed by atoms with Crippen molar-refractivity contribution in [2.45, 2.75) is 20.4 Å². The number of halogens is 2. The zero-order valence-electron chi connectivity index (χ0n) is 15.6. The predicted octanol–water partition coefficient (Wildman–Crippen LogP) is 4.72. The lowest BCUT2D eigenvalue weighted by molar-refractivity contribution is -0.384. The first kappa shape index (κ1) is 23.0. The number of anilines is 2. The van der Waals surface area contributed by atoms with Gasteiger partial charge in [0.1, 0.15) is 0 Å². The highest BCUT2D eigenvalue weighted by Crippen LogP contribution is 2.26. The van der Waals surface area contributed by atoms with Crippen molar-refractivity contribution in [3.63, 3.8) is 0 Å². The fraction of sp³-hybridized carbons (Fsp3) is 0.368. The Kier molecular flexibility index (Phi) is 9.93. The van der Waals surface area contributed by atoms with E-state index in [4.69, 9.17) is 11.6 Å². The van der Waals surface area contributed by atoms with Gasteiger partial charge in [0.25, 0.3) is 5.69 Å². The van der Waals surface area contributed by atoms with Crippen LogP contribution >= 0.6 is 24.0 Å². The molecule has 0 aliphatic heterocycles. The van der Waals surface area contributed by atoms with Crippen LogP contribution in [0.2, 0.25) is 5.02 Å². The van der Waals surface area contributed by atoms with Gasteiger partial charge in [-0.2, -0.15) is 0 Å². The zero-order chi connectivity index (χ0) is 18.9. The van der Waals surface area contributed by atoms with Crippen LogP contribution in [0.1, 0.15) is 19.4 Å². The Balaban J connectivity index is 0.00000364. The van der Waals surface area contributed by atoms with Crippen molar-refractivity contribution in [2.24, 2.45) is 0 Å². The van der Waals surface area contributed by atoms with Gasteiger partial charge in [-0.25, -0.2) is 0 Å². The van der Waals surface area contributed by atoms with E-state index in [1.807, 2.05) is 0 Å². The van der Waals surface area contributed by atoms with Gasteiger partial charge in [-0.3, -0.25) is 10.1 Å². The van der Waals surface area contributed by atoms with E-state index in [9.17, 15) is 10.1 Å². The lowest BCUT2D eigenvalue weighted by atomic mass is 10.2. The van der Waals surface area contributed by atoms with Crippen molar-refractivity contribution in [3.05, 3.63) is 63.2 Å². The first-order valence-corrected chi connectivity index (χ1v) is 9.15. The topological polar surface area (TPSA) is 70.4 Å². The molecule has 0 radical (unpaired) electrons. The summed E-state index contributed by atoms with van der Waals surface area (Å²) in [5, 5.41) is 17.6. The second-order valence-corrected chi connectivity index (χ2v) is 6.27. The molecule has 2 N–H and O–H groups in total. The van der Waals surface area contributed by atoms with Crippen molar-refractivity contribution in [1.82, 2.24) is 5.32 Å². The molecular weight excluding hydrogens is 387 g/mol. The molecule has 0 fully saturated rings. The fourth-order valence-electron chi connectivity index (χ4n) is 2.69. The third kappa shape index (κ3) is 6.90. The van der Waals surface area contributed by atoms with Crippen LogP contribution in [0.5, 0.6) is 0 Å². The largest absolute Gasteiger partial charge is 0.383 e. The molecule has 27 heavy (non-hydrogen) atoms. The molecule has 0 amide bonds. The van der Waals surface area contributed by atoms with E-state index in [0.717, 1.165) is 26.2 Å². The monoisotopic (exact) mass is 412 g/mol. The summed E-state index contributed by atoms with van der Waals surface area (Å²) >= 11 is 6.06. The number of non-ortho nitro benzene ring substituents is 1. The van der Waals surface area contributed by atoms with Crippen molar-refractivity contribution < 1.29 is 4.92 Å². The number of hydrogen-bond acceptors (Lipinski definition) is 5. The van der Waals surface area contributed by atoms with Crippen molar-refractivity contribution in [2.75, 3.05) is 36.4 Å². The highest BCUT2D eigenvalue weighted by atomic mass is 35.5. The van der Waals surface area contributed by atoms with Crippen molar-refractivity contribution in [1.29, 1.82) is 0 Å². The minimum atomic E-state index is -0.456. The molecule has 0 unspecified atom stereocenters. The van der Waals surface area contributed by atoms with Gasteiger partial charge in [-0.1, -0.05) is 23.7 Å². The van der Waals surface area contributed by atoms with E-state index in [-0.39, 0.29) is 18.1 Å². The predicted molar refractivity (Wildman–Crippen MR) is 116 cm³/mol. The lowest BCUT2D eigenvalue weighted by Crippen LogP contribution is -2.23. The maximum Gasteiger partial charge on any atom is 0.271 e. The SMILES string of the molecule is CCN(CC)c1ccc(CNCCNc2ccc([N+](=O)[O-])cc2Cl)cc1.Cl. The maximum absolute atomic E-state index is 10.7. The minimum absolute atomic E-state index is 0. The van der Waals surface area contributed by atoms with E-state index >= 15 is 0 Å². The summed E-state index contributed by atoms with van der Waals surface area (Å²) in [6, 6.07) is 13.0. The smallest absolute Gasteiger partial charge is 0.271 e. The number of nitro benzene ring substituents is 1. The summed E-state index contributed by atoms with van der Waals surface area (Å²) in [5.74, 6) is 0. The number of hydrogen-bond donors (Lipinski definition) is 2. The van der Waals surface area contributed by atoms with E-state index < -0.39 is 4.92 Å². The Labute approximate surface area is 171 Å². The Morgan fingerprint density at radius 3 is 2.30 bits per heavy atom. The number of benzene rings is 2. The molecule has 2 aromatic rings. The molecule has 2 rings (SSSR count). The van der Waals surface area contributed by atoms with Gasteiger partial charge in [-0.05, 0) is 37.6 Å². The van der Waals surface area contributed by atoms with Gasteiger partial charge < -0.3 is 15.5 Å². The molecule has 0 aliphatic rings. The highest BCUT2D eigenvalue weighted by Gasteiger charge is 2.08. The third-order valence-electron chi connectivity index (χ3n) is 4.17. The standard InChI is InChI=1S/C19H25ClN4O2.ClH/c1-3-23(4-2)16-7-5-15(6-8-16)14-21-11-12-22-19-10-9-17(24(25)26)13-18(19)20;/h5-10,13,21-22H,3-4,11-12,14H2,1-2H3;1H. The molecule has 0 atom stereocenters. The molecule has 0 spiro atoms. The van der Waals surface area contributed by atoms with Crippen molar-refractivity contribution in [3.8, 4) is 0 Å². The Hall–Kier alpha value is -2.02. The van der Waals surface area contributed by atoms with E-state index in [0.29, 0.717) is 17.3 Å². The average Bonchev–Trinajstić information content (AvgIpc) is 2.64. The highest BCUT2D eigenvalue weighted by molar-refractivity contribution is 6.33. The summed E-state index contributed by atoms with van der Waals surface area (Å²) in [5.41, 5.74) is 3.16. The van der Waals surface area contributed by atoms with Crippen LogP contribution in [0.4, 0.5) is 17.1 Å². The molecule has 6 nitrogen and oxygen atoms in total. The maximum atomic E-state index is 10.7. The Morgan fingerprint density at radius 1 is 1.07 bits per heavy atom. The fourth-order valence-corrected chi connectivity index (χ4v) is 2.93. The van der Waals surface area contributed by atoms with E-state index in [2.05, 4.69) is 53.6 Å². The van der Waals surface area contributed by atoms with Crippen LogP contribution in [-0.2, 0) is 6.54 Å². The summed E-state index contributed by atoms with van der Waals surface area (Å²) in [4.78, 5) is 12.6. The summed E-state index contributed by atoms with van der Waals surface area (Å²) in [7, 11) is 0. The molecular formula is C19H26Cl2N4O2. The third-order valence-corrected chi connectivity index (χ3v) is 4.49. The Morgan fingerprint density at radius 2 is 1.74 bits per heavy atom. The van der Waals surface area contributed by atoms with Gasteiger partial charge in [0.15, 0.2) is 0 Å². The first-order chi connectivity index (χ1) is 12.5. The number of rotatable bonds is 10.